The number of carboxylic acids is 1. The summed E-state index contributed by atoms with van der Waals surface area (Å²) in [5.74, 6) is -0.868. The van der Waals surface area contributed by atoms with Crippen LogP contribution in [0.25, 0.3) is 10.9 Å². The van der Waals surface area contributed by atoms with Crippen molar-refractivity contribution in [3.8, 4) is 0 Å². The van der Waals surface area contributed by atoms with Crippen LogP contribution in [0.3, 0.4) is 0 Å². The maximum Gasteiger partial charge on any atom is 0.347 e. The number of hydrogen-bond acceptors (Lipinski definition) is 8. The minimum absolute atomic E-state index is 0.0904. The van der Waals surface area contributed by atoms with E-state index in [2.05, 4.69) is 15.1 Å². The van der Waals surface area contributed by atoms with Gasteiger partial charge in [0.15, 0.2) is 0 Å². The summed E-state index contributed by atoms with van der Waals surface area (Å²) in [5, 5.41) is 28.6. The Labute approximate surface area is 199 Å². The van der Waals surface area contributed by atoms with Crippen LogP contribution in [-0.2, 0) is 13.0 Å². The lowest BCUT2D eigenvalue weighted by molar-refractivity contribution is -0.383. The number of non-ortho nitro benzene ring substituents is 1. The number of carboxylic acid groups (broad SMARTS) is 1. The van der Waals surface area contributed by atoms with Gasteiger partial charge in [-0.25, -0.2) is 14.8 Å². The first-order valence-corrected chi connectivity index (χ1v) is 11.9. The van der Waals surface area contributed by atoms with Crippen molar-refractivity contribution in [2.45, 2.75) is 33.7 Å². The van der Waals surface area contributed by atoms with Gasteiger partial charge in [-0.3, -0.25) is 14.8 Å². The molecule has 0 aliphatic rings. The minimum Gasteiger partial charge on any atom is -0.477 e. The Balaban J connectivity index is 0.000000210. The highest BCUT2D eigenvalue weighted by Crippen LogP contribution is 2.30. The lowest BCUT2D eigenvalue weighted by Crippen LogP contribution is -2.02. The van der Waals surface area contributed by atoms with Crippen LogP contribution in [0.15, 0.2) is 23.6 Å². The molecule has 0 spiro atoms. The quantitative estimate of drug-likeness (QED) is 0.201. The van der Waals surface area contributed by atoms with Gasteiger partial charge < -0.3 is 5.11 Å². The molecule has 12 heteroatoms. The average molecular weight is 571 g/mol. The number of benzene rings is 1. The molecule has 9 nitrogen and oxygen atoms in total. The van der Waals surface area contributed by atoms with Gasteiger partial charge in [-0.15, -0.1) is 22.7 Å². The van der Waals surface area contributed by atoms with E-state index in [4.69, 9.17) is 5.11 Å². The van der Waals surface area contributed by atoms with E-state index in [1.54, 1.807) is 22.1 Å². The minimum atomic E-state index is -0.868. The Hall–Kier alpha value is -2.45. The van der Waals surface area contributed by atoms with Crippen molar-refractivity contribution in [3.05, 3.63) is 63.7 Å². The zero-order chi connectivity index (χ0) is 22.7. The van der Waals surface area contributed by atoms with Gasteiger partial charge >= 0.3 is 5.97 Å². The first-order valence-electron chi connectivity index (χ1n) is 9.11. The summed E-state index contributed by atoms with van der Waals surface area (Å²) in [5.41, 5.74) is 2.46. The first kappa shape index (κ1) is 23.2. The largest absolute Gasteiger partial charge is 0.477 e. The highest BCUT2D eigenvalue weighted by atomic mass is 127. The van der Waals surface area contributed by atoms with E-state index >= 15 is 0 Å². The molecule has 3 heterocycles. The molecule has 4 rings (SSSR count). The van der Waals surface area contributed by atoms with Crippen molar-refractivity contribution in [1.82, 2.24) is 19.7 Å². The summed E-state index contributed by atoms with van der Waals surface area (Å²) in [6.07, 6.45) is 0.686. The smallest absolute Gasteiger partial charge is 0.347 e. The number of nitro groups is 1. The van der Waals surface area contributed by atoms with Crippen molar-refractivity contribution in [1.29, 1.82) is 0 Å². The summed E-state index contributed by atoms with van der Waals surface area (Å²) in [6, 6.07) is 5.03. The maximum absolute atomic E-state index is 11.1. The SMILES string of the molecule is CCc1nc(C)sc1C(=O)O.Cc1nc(Cn2nc(I)c3c([N+](=O)[O-])cccc32)cs1. The molecule has 0 saturated heterocycles. The van der Waals surface area contributed by atoms with Gasteiger partial charge in [0.2, 0.25) is 0 Å². The van der Waals surface area contributed by atoms with Crippen molar-refractivity contribution < 1.29 is 14.8 Å². The molecule has 0 radical (unpaired) electrons. The van der Waals surface area contributed by atoms with Gasteiger partial charge in [-0.1, -0.05) is 13.0 Å². The summed E-state index contributed by atoms with van der Waals surface area (Å²) < 4.78 is 2.40. The monoisotopic (exact) mass is 571 g/mol. The van der Waals surface area contributed by atoms with E-state index in [-0.39, 0.29) is 10.6 Å². The van der Waals surface area contributed by atoms with Gasteiger partial charge in [0.05, 0.1) is 38.4 Å². The van der Waals surface area contributed by atoms with E-state index in [0.29, 0.717) is 32.6 Å². The molecule has 0 atom stereocenters. The lowest BCUT2D eigenvalue weighted by atomic mass is 10.2. The Morgan fingerprint density at radius 3 is 2.58 bits per heavy atom. The third kappa shape index (κ3) is 5.25. The second-order valence-corrected chi connectivity index (χ2v) is 9.69. The molecule has 0 aliphatic heterocycles. The number of aryl methyl sites for hydroxylation is 3. The molecule has 0 bridgehead atoms. The topological polar surface area (TPSA) is 124 Å². The average Bonchev–Trinajstić information content (AvgIpc) is 3.40. The fourth-order valence-electron chi connectivity index (χ4n) is 2.95. The van der Waals surface area contributed by atoms with Crippen molar-refractivity contribution in [2.24, 2.45) is 0 Å². The van der Waals surface area contributed by atoms with Crippen molar-refractivity contribution >= 4 is 67.8 Å². The Kier molecular flexibility index (Phi) is 7.33. The van der Waals surface area contributed by atoms with E-state index in [9.17, 15) is 14.9 Å². The zero-order valence-electron chi connectivity index (χ0n) is 16.8. The standard InChI is InChI=1S/C12H9IN4O2S.C7H9NO2S/c1-7-14-8(6-20-7)5-16-9-3-2-4-10(17(18)19)11(9)12(13)15-16;1-3-5-6(7(9)10)11-4(2)8-5/h2-4,6H,5H2,1H3;3H2,1-2H3,(H,9,10). The number of aromatic carboxylic acids is 1. The highest BCUT2D eigenvalue weighted by Gasteiger charge is 2.19. The van der Waals surface area contributed by atoms with Crippen LogP contribution >= 0.6 is 45.3 Å². The number of nitrogens with zero attached hydrogens (tertiary/aromatic N) is 5. The molecule has 162 valence electrons. The number of carbonyl (C=O) groups is 1. The van der Waals surface area contributed by atoms with E-state index in [1.165, 1.54) is 17.4 Å². The first-order chi connectivity index (χ1) is 14.7. The van der Waals surface area contributed by atoms with Crippen LogP contribution in [0.4, 0.5) is 5.69 Å². The van der Waals surface area contributed by atoms with E-state index in [1.807, 2.05) is 54.8 Å². The van der Waals surface area contributed by atoms with E-state index in [0.717, 1.165) is 21.2 Å². The Bertz CT molecular complexity index is 1260. The number of nitro benzene ring substituents is 1. The normalized spacial score (nSPS) is 10.7. The summed E-state index contributed by atoms with van der Waals surface area (Å²) >= 11 is 4.85. The van der Waals surface area contributed by atoms with Gasteiger partial charge in [-0.05, 0) is 48.9 Å². The number of halogens is 1. The predicted molar refractivity (Wildman–Crippen MR) is 128 cm³/mol. The van der Waals surface area contributed by atoms with Crippen LogP contribution in [0.1, 0.15) is 38.0 Å². The third-order valence-electron chi connectivity index (χ3n) is 4.22. The number of rotatable bonds is 5. The van der Waals surface area contributed by atoms with Crippen molar-refractivity contribution in [2.75, 3.05) is 0 Å². The second-order valence-electron chi connectivity index (χ2n) is 6.40. The lowest BCUT2D eigenvalue weighted by Gasteiger charge is -2.00. The molecule has 0 fully saturated rings. The molecule has 0 amide bonds. The Morgan fingerprint density at radius 1 is 1.29 bits per heavy atom. The van der Waals surface area contributed by atoms with Crippen LogP contribution in [0, 0.1) is 27.7 Å². The van der Waals surface area contributed by atoms with Crippen molar-refractivity contribution in [3.63, 3.8) is 0 Å². The number of thiazole rings is 2. The maximum atomic E-state index is 11.1. The number of aromatic nitrogens is 4. The van der Waals surface area contributed by atoms with Gasteiger partial charge in [0.1, 0.15) is 14.0 Å². The molecule has 31 heavy (non-hydrogen) atoms. The Morgan fingerprint density at radius 2 is 2.03 bits per heavy atom. The van der Waals surface area contributed by atoms with Gasteiger partial charge in [0, 0.05) is 11.4 Å². The molecule has 3 aromatic heterocycles. The van der Waals surface area contributed by atoms with Gasteiger partial charge in [0.25, 0.3) is 5.69 Å². The molecular formula is C19H18IN5O4S2. The molecule has 4 aromatic rings. The fourth-order valence-corrected chi connectivity index (χ4v) is 5.21. The second kappa shape index (κ2) is 9.78. The van der Waals surface area contributed by atoms with E-state index < -0.39 is 5.97 Å². The molecule has 0 saturated carbocycles. The van der Waals surface area contributed by atoms with Crippen LogP contribution in [0.2, 0.25) is 0 Å². The number of hydrogen-bond donors (Lipinski definition) is 1. The number of fused-ring (bicyclic) bond motifs is 1. The summed E-state index contributed by atoms with van der Waals surface area (Å²) in [4.78, 5) is 30.2. The summed E-state index contributed by atoms with van der Waals surface area (Å²) in [6.45, 7) is 6.19. The zero-order valence-corrected chi connectivity index (χ0v) is 20.6. The van der Waals surface area contributed by atoms with Crippen LogP contribution in [0.5, 0.6) is 0 Å². The van der Waals surface area contributed by atoms with Crippen LogP contribution in [-0.4, -0.2) is 35.7 Å². The molecule has 0 aliphatic carbocycles. The third-order valence-corrected chi connectivity index (χ3v) is 6.80. The molecule has 1 aromatic carbocycles. The molecule has 0 unspecified atom stereocenters. The molecule has 1 N–H and O–H groups in total. The highest BCUT2D eigenvalue weighted by molar-refractivity contribution is 14.1. The van der Waals surface area contributed by atoms with Gasteiger partial charge in [-0.2, -0.15) is 5.10 Å². The van der Waals surface area contributed by atoms with Crippen LogP contribution < -0.4 is 0 Å². The predicted octanol–water partition coefficient (Wildman–Crippen LogP) is 5.07. The fraction of sp³-hybridized carbons (Fsp3) is 0.263. The summed E-state index contributed by atoms with van der Waals surface area (Å²) in [7, 11) is 0. The molecular weight excluding hydrogens is 553 g/mol.